The summed E-state index contributed by atoms with van der Waals surface area (Å²) < 4.78 is 26.5. The van der Waals surface area contributed by atoms with Crippen LogP contribution in [0.3, 0.4) is 0 Å². The highest BCUT2D eigenvalue weighted by Crippen LogP contribution is 2.25. The number of hydrogen-bond acceptors (Lipinski definition) is 5. The fourth-order valence-corrected chi connectivity index (χ4v) is 4.86. The number of carboxylic acid groups (broad SMARTS) is 1. The summed E-state index contributed by atoms with van der Waals surface area (Å²) in [7, 11) is -1.60. The van der Waals surface area contributed by atoms with E-state index in [0.717, 1.165) is 17.8 Å². The highest BCUT2D eigenvalue weighted by Gasteiger charge is 2.32. The lowest BCUT2D eigenvalue weighted by Gasteiger charge is -2.38. The number of hydrogen-bond donors (Lipinski definition) is 1. The molecule has 1 atom stereocenters. The second-order valence-corrected chi connectivity index (χ2v) is 7.71. The first-order chi connectivity index (χ1) is 9.36. The van der Waals surface area contributed by atoms with Gasteiger partial charge < -0.3 is 10.0 Å². The van der Waals surface area contributed by atoms with Gasteiger partial charge in [0.1, 0.15) is 4.88 Å². The van der Waals surface area contributed by atoms with Crippen molar-refractivity contribution in [3.8, 4) is 0 Å². The van der Waals surface area contributed by atoms with E-state index >= 15 is 0 Å². The number of piperazine rings is 1. The van der Waals surface area contributed by atoms with Crippen molar-refractivity contribution >= 4 is 27.3 Å². The number of nitrogens with zero attached hydrogens (tertiary/aromatic N) is 2. The zero-order chi connectivity index (χ0) is 14.9. The highest BCUT2D eigenvalue weighted by atomic mass is 32.2. The zero-order valence-corrected chi connectivity index (χ0v) is 13.1. The molecule has 112 valence electrons. The molecule has 1 aromatic rings. The van der Waals surface area contributed by atoms with Crippen molar-refractivity contribution in [3.05, 3.63) is 16.3 Å². The van der Waals surface area contributed by atoms with Gasteiger partial charge in [0.2, 0.25) is 10.0 Å². The van der Waals surface area contributed by atoms with Crippen LogP contribution < -0.4 is 0 Å². The molecule has 1 aliphatic rings. The Kier molecular flexibility index (Phi) is 4.48. The van der Waals surface area contributed by atoms with Gasteiger partial charge in [0.25, 0.3) is 0 Å². The van der Waals surface area contributed by atoms with E-state index in [1.807, 2.05) is 14.0 Å². The summed E-state index contributed by atoms with van der Waals surface area (Å²) in [6.45, 7) is 3.61. The van der Waals surface area contributed by atoms with Crippen LogP contribution in [-0.4, -0.2) is 61.4 Å². The van der Waals surface area contributed by atoms with Gasteiger partial charge >= 0.3 is 5.97 Å². The molecule has 1 unspecified atom stereocenters. The van der Waals surface area contributed by atoms with Gasteiger partial charge in [0.05, 0.1) is 4.90 Å². The summed E-state index contributed by atoms with van der Waals surface area (Å²) >= 11 is 0.940. The lowest BCUT2D eigenvalue weighted by Crippen LogP contribution is -2.52. The van der Waals surface area contributed by atoms with Crippen LogP contribution in [0.25, 0.3) is 0 Å². The third-order valence-corrected chi connectivity index (χ3v) is 6.55. The fourth-order valence-electron chi connectivity index (χ4n) is 2.29. The standard InChI is InChI=1S/C12H18N2O4S2/c1-3-9-7-14(5-4-13(9)2)20(17,18)10-6-11(12(15)16)19-8-10/h6,8-9H,3-5,7H2,1-2H3,(H,15,16). The summed E-state index contributed by atoms with van der Waals surface area (Å²) in [5.41, 5.74) is 0. The Bertz CT molecular complexity index is 596. The van der Waals surface area contributed by atoms with Gasteiger partial charge in [-0.3, -0.25) is 0 Å². The van der Waals surface area contributed by atoms with Crippen molar-refractivity contribution in [3.63, 3.8) is 0 Å². The van der Waals surface area contributed by atoms with E-state index in [9.17, 15) is 13.2 Å². The smallest absolute Gasteiger partial charge is 0.345 e. The molecule has 8 heteroatoms. The minimum atomic E-state index is -3.59. The Balaban J connectivity index is 2.23. The van der Waals surface area contributed by atoms with Gasteiger partial charge in [-0.2, -0.15) is 4.31 Å². The average Bonchev–Trinajstić information content (AvgIpc) is 2.89. The van der Waals surface area contributed by atoms with E-state index in [2.05, 4.69) is 4.90 Å². The Labute approximate surface area is 122 Å². The van der Waals surface area contributed by atoms with Crippen molar-refractivity contribution in [2.75, 3.05) is 26.7 Å². The Morgan fingerprint density at radius 3 is 2.75 bits per heavy atom. The van der Waals surface area contributed by atoms with Crippen LogP contribution in [0.15, 0.2) is 16.3 Å². The number of sulfonamides is 1. The van der Waals surface area contributed by atoms with E-state index in [1.54, 1.807) is 0 Å². The molecular formula is C12H18N2O4S2. The summed E-state index contributed by atoms with van der Waals surface area (Å²) in [4.78, 5) is 13.1. The molecule has 0 bridgehead atoms. The number of carbonyl (C=O) groups is 1. The molecule has 6 nitrogen and oxygen atoms in total. The predicted octanol–water partition coefficient (Wildman–Crippen LogP) is 1.16. The fraction of sp³-hybridized carbons (Fsp3) is 0.583. The third-order valence-electron chi connectivity index (χ3n) is 3.64. The minimum absolute atomic E-state index is 0.0461. The molecule has 0 radical (unpaired) electrons. The second kappa shape index (κ2) is 5.80. The largest absolute Gasteiger partial charge is 0.477 e. The number of carboxylic acids is 1. The normalized spacial score (nSPS) is 22.0. The zero-order valence-electron chi connectivity index (χ0n) is 11.4. The van der Waals surface area contributed by atoms with E-state index < -0.39 is 16.0 Å². The SMILES string of the molecule is CCC1CN(S(=O)(=O)c2csc(C(=O)O)c2)CCN1C. The number of rotatable bonds is 4. The second-order valence-electron chi connectivity index (χ2n) is 4.86. The van der Waals surface area contributed by atoms with Crippen LogP contribution in [0.5, 0.6) is 0 Å². The summed E-state index contributed by atoms with van der Waals surface area (Å²) in [5, 5.41) is 10.3. The molecule has 1 aromatic heterocycles. The van der Waals surface area contributed by atoms with Gasteiger partial charge in [-0.05, 0) is 19.5 Å². The molecule has 20 heavy (non-hydrogen) atoms. The summed E-state index contributed by atoms with van der Waals surface area (Å²) in [5.74, 6) is -1.10. The first-order valence-corrected chi connectivity index (χ1v) is 8.70. The van der Waals surface area contributed by atoms with Crippen LogP contribution in [0.1, 0.15) is 23.0 Å². The molecule has 1 N–H and O–H groups in total. The van der Waals surface area contributed by atoms with Crippen molar-refractivity contribution < 1.29 is 18.3 Å². The van der Waals surface area contributed by atoms with Crippen LogP contribution in [-0.2, 0) is 10.0 Å². The van der Waals surface area contributed by atoms with E-state index in [1.165, 1.54) is 15.8 Å². The molecule has 0 aromatic carbocycles. The molecule has 2 heterocycles. The van der Waals surface area contributed by atoms with E-state index in [0.29, 0.717) is 19.6 Å². The van der Waals surface area contributed by atoms with Crippen molar-refractivity contribution in [1.82, 2.24) is 9.21 Å². The monoisotopic (exact) mass is 318 g/mol. The third kappa shape index (κ3) is 2.88. The summed E-state index contributed by atoms with van der Waals surface area (Å²) in [6.07, 6.45) is 0.881. The minimum Gasteiger partial charge on any atom is -0.477 e. The Morgan fingerprint density at radius 2 is 2.20 bits per heavy atom. The number of likely N-dealkylation sites (N-methyl/N-ethyl adjacent to an activating group) is 1. The van der Waals surface area contributed by atoms with Crippen LogP contribution in [0, 0.1) is 0 Å². The maximum Gasteiger partial charge on any atom is 0.345 e. The Hall–Kier alpha value is -0.960. The van der Waals surface area contributed by atoms with Crippen molar-refractivity contribution in [2.45, 2.75) is 24.3 Å². The molecule has 1 aliphatic heterocycles. The summed E-state index contributed by atoms with van der Waals surface area (Å²) in [6, 6.07) is 1.44. The molecule has 0 amide bonds. The molecule has 0 spiro atoms. The maximum absolute atomic E-state index is 12.5. The molecular weight excluding hydrogens is 300 g/mol. The molecule has 0 saturated carbocycles. The number of aromatic carboxylic acids is 1. The van der Waals surface area contributed by atoms with Crippen LogP contribution >= 0.6 is 11.3 Å². The van der Waals surface area contributed by atoms with Crippen molar-refractivity contribution in [1.29, 1.82) is 0 Å². The van der Waals surface area contributed by atoms with E-state index in [4.69, 9.17) is 5.11 Å². The van der Waals surface area contributed by atoms with Gasteiger partial charge in [0.15, 0.2) is 0 Å². The van der Waals surface area contributed by atoms with Crippen LogP contribution in [0.4, 0.5) is 0 Å². The highest BCUT2D eigenvalue weighted by molar-refractivity contribution is 7.89. The van der Waals surface area contributed by atoms with E-state index in [-0.39, 0.29) is 15.8 Å². The topological polar surface area (TPSA) is 77.9 Å². The van der Waals surface area contributed by atoms with Gasteiger partial charge in [-0.25, -0.2) is 13.2 Å². The van der Waals surface area contributed by atoms with Crippen molar-refractivity contribution in [2.24, 2.45) is 0 Å². The van der Waals surface area contributed by atoms with Gasteiger partial charge in [-0.1, -0.05) is 6.92 Å². The quantitative estimate of drug-likeness (QED) is 0.901. The first kappa shape index (κ1) is 15.4. The van der Waals surface area contributed by atoms with Gasteiger partial charge in [0, 0.05) is 31.1 Å². The van der Waals surface area contributed by atoms with Crippen LogP contribution in [0.2, 0.25) is 0 Å². The average molecular weight is 318 g/mol. The Morgan fingerprint density at radius 1 is 1.50 bits per heavy atom. The molecule has 1 fully saturated rings. The predicted molar refractivity (Wildman–Crippen MR) is 76.7 cm³/mol. The number of thiophene rings is 1. The molecule has 1 saturated heterocycles. The molecule has 0 aliphatic carbocycles. The van der Waals surface area contributed by atoms with Gasteiger partial charge in [-0.15, -0.1) is 11.3 Å². The molecule has 2 rings (SSSR count). The lowest BCUT2D eigenvalue weighted by molar-refractivity contribution is 0.0702. The maximum atomic E-state index is 12.5. The lowest BCUT2D eigenvalue weighted by atomic mass is 10.1. The first-order valence-electron chi connectivity index (χ1n) is 6.38.